The SMILES string of the molecule is CCCOC(=O)C1=C(C)Nc2nnnn2C1c1cc(Br)ccc1OCCC. The molecular formula is C18H22BrN5O3. The molecule has 0 bridgehead atoms. The van der Waals surface area contributed by atoms with Gasteiger partial charge in [0.2, 0.25) is 5.95 Å². The van der Waals surface area contributed by atoms with Crippen LogP contribution in [0.5, 0.6) is 5.75 Å². The molecule has 27 heavy (non-hydrogen) atoms. The molecule has 3 rings (SSSR count). The van der Waals surface area contributed by atoms with Crippen molar-refractivity contribution >= 4 is 27.8 Å². The highest BCUT2D eigenvalue weighted by atomic mass is 79.9. The Morgan fingerprint density at radius 3 is 2.81 bits per heavy atom. The number of benzene rings is 1. The van der Waals surface area contributed by atoms with Gasteiger partial charge in [0, 0.05) is 15.7 Å². The third-order valence-corrected chi connectivity index (χ3v) is 4.59. The van der Waals surface area contributed by atoms with E-state index in [2.05, 4.69) is 36.8 Å². The summed E-state index contributed by atoms with van der Waals surface area (Å²) in [6.45, 7) is 6.73. The average molecular weight is 436 g/mol. The predicted molar refractivity (Wildman–Crippen MR) is 103 cm³/mol. The predicted octanol–water partition coefficient (Wildman–Crippen LogP) is 3.47. The summed E-state index contributed by atoms with van der Waals surface area (Å²) >= 11 is 3.51. The molecule has 1 aromatic heterocycles. The van der Waals surface area contributed by atoms with Crippen LogP contribution in [0.4, 0.5) is 5.95 Å². The summed E-state index contributed by atoms with van der Waals surface area (Å²) in [5, 5.41) is 14.9. The average Bonchev–Trinajstić information content (AvgIpc) is 3.11. The second kappa shape index (κ2) is 8.51. The summed E-state index contributed by atoms with van der Waals surface area (Å²) in [4.78, 5) is 12.8. The Hall–Kier alpha value is -2.42. The van der Waals surface area contributed by atoms with Gasteiger partial charge in [-0.1, -0.05) is 34.9 Å². The largest absolute Gasteiger partial charge is 0.493 e. The van der Waals surface area contributed by atoms with E-state index in [-0.39, 0.29) is 0 Å². The highest BCUT2D eigenvalue weighted by Gasteiger charge is 2.36. The number of halogens is 1. The first kappa shape index (κ1) is 19.3. The number of aromatic nitrogens is 4. The van der Waals surface area contributed by atoms with Crippen molar-refractivity contribution in [1.82, 2.24) is 20.2 Å². The number of nitrogens with zero attached hydrogens (tertiary/aromatic N) is 4. The van der Waals surface area contributed by atoms with Gasteiger partial charge in [0.25, 0.3) is 0 Å². The van der Waals surface area contributed by atoms with Crippen LogP contribution in [0, 0.1) is 0 Å². The van der Waals surface area contributed by atoms with Gasteiger partial charge < -0.3 is 14.8 Å². The fourth-order valence-corrected chi connectivity index (χ4v) is 3.29. The summed E-state index contributed by atoms with van der Waals surface area (Å²) < 4.78 is 13.8. The normalized spacial score (nSPS) is 15.9. The van der Waals surface area contributed by atoms with Gasteiger partial charge in [-0.3, -0.25) is 0 Å². The molecule has 0 saturated heterocycles. The molecular weight excluding hydrogens is 414 g/mol. The summed E-state index contributed by atoms with van der Waals surface area (Å²) in [5.74, 6) is 0.752. The quantitative estimate of drug-likeness (QED) is 0.665. The lowest BCUT2D eigenvalue weighted by Gasteiger charge is -2.28. The van der Waals surface area contributed by atoms with Crippen LogP contribution in [0.3, 0.4) is 0 Å². The van der Waals surface area contributed by atoms with Crippen molar-refractivity contribution < 1.29 is 14.3 Å². The Morgan fingerprint density at radius 2 is 2.07 bits per heavy atom. The highest BCUT2D eigenvalue weighted by Crippen LogP contribution is 2.40. The number of carbonyl (C=O) groups excluding carboxylic acids is 1. The molecule has 8 nitrogen and oxygen atoms in total. The fraction of sp³-hybridized carbons (Fsp3) is 0.444. The van der Waals surface area contributed by atoms with Crippen molar-refractivity contribution in [3.63, 3.8) is 0 Å². The monoisotopic (exact) mass is 435 g/mol. The van der Waals surface area contributed by atoms with Crippen molar-refractivity contribution in [2.45, 2.75) is 39.7 Å². The van der Waals surface area contributed by atoms with Crippen LogP contribution < -0.4 is 10.1 Å². The van der Waals surface area contributed by atoms with Gasteiger partial charge in [0.05, 0.1) is 18.8 Å². The van der Waals surface area contributed by atoms with Crippen LogP contribution in [0.25, 0.3) is 0 Å². The number of esters is 1. The van der Waals surface area contributed by atoms with Gasteiger partial charge >= 0.3 is 5.97 Å². The Morgan fingerprint density at radius 1 is 1.30 bits per heavy atom. The minimum atomic E-state index is -0.551. The van der Waals surface area contributed by atoms with Crippen molar-refractivity contribution in [2.75, 3.05) is 18.5 Å². The molecule has 144 valence electrons. The standard InChI is InChI=1S/C18H22BrN5O3/c1-4-8-26-14-7-6-12(19)10-13(14)16-15(17(25)27-9-5-2)11(3)20-18-21-22-23-24(16)18/h6-7,10,16H,4-5,8-9H2,1-3H3,(H,20,21,23). The molecule has 1 aromatic carbocycles. The van der Waals surface area contributed by atoms with E-state index in [9.17, 15) is 4.79 Å². The van der Waals surface area contributed by atoms with E-state index < -0.39 is 12.0 Å². The Bertz CT molecular complexity index is 864. The highest BCUT2D eigenvalue weighted by molar-refractivity contribution is 9.10. The van der Waals surface area contributed by atoms with E-state index in [1.165, 1.54) is 0 Å². The topological polar surface area (TPSA) is 91.2 Å². The maximum Gasteiger partial charge on any atom is 0.338 e. The zero-order chi connectivity index (χ0) is 19.4. The van der Waals surface area contributed by atoms with E-state index in [1.54, 1.807) is 4.68 Å². The molecule has 1 aliphatic rings. The molecule has 1 N–H and O–H groups in total. The second-order valence-electron chi connectivity index (χ2n) is 6.18. The van der Waals surface area contributed by atoms with Crippen LogP contribution in [-0.4, -0.2) is 39.4 Å². The Kier molecular flexibility index (Phi) is 6.10. The van der Waals surface area contributed by atoms with Crippen LogP contribution >= 0.6 is 15.9 Å². The van der Waals surface area contributed by atoms with Gasteiger partial charge in [-0.25, -0.2) is 4.79 Å². The van der Waals surface area contributed by atoms with Crippen LogP contribution in [-0.2, 0) is 9.53 Å². The third kappa shape index (κ3) is 3.97. The number of hydrogen-bond donors (Lipinski definition) is 1. The van der Waals surface area contributed by atoms with Crippen LogP contribution in [0.2, 0.25) is 0 Å². The molecule has 1 atom stereocenters. The number of tetrazole rings is 1. The van der Waals surface area contributed by atoms with Crippen LogP contribution in [0.15, 0.2) is 33.9 Å². The van der Waals surface area contributed by atoms with Gasteiger partial charge in [0.15, 0.2) is 0 Å². The van der Waals surface area contributed by atoms with Gasteiger partial charge in [-0.15, -0.1) is 0 Å². The van der Waals surface area contributed by atoms with E-state index in [0.29, 0.717) is 36.2 Å². The molecule has 2 aromatic rings. The summed E-state index contributed by atoms with van der Waals surface area (Å²) in [7, 11) is 0. The first-order valence-electron chi connectivity index (χ1n) is 8.91. The maximum absolute atomic E-state index is 12.8. The number of nitrogens with one attached hydrogen (secondary N) is 1. The number of hydrogen-bond acceptors (Lipinski definition) is 7. The number of allylic oxidation sites excluding steroid dienone is 1. The second-order valence-corrected chi connectivity index (χ2v) is 7.10. The first-order chi connectivity index (χ1) is 13.1. The molecule has 0 spiro atoms. The number of fused-ring (bicyclic) bond motifs is 1. The van der Waals surface area contributed by atoms with E-state index in [1.807, 2.05) is 39.0 Å². The minimum absolute atomic E-state index is 0.350. The zero-order valence-electron chi connectivity index (χ0n) is 15.5. The molecule has 0 amide bonds. The lowest BCUT2D eigenvalue weighted by atomic mass is 9.95. The van der Waals surface area contributed by atoms with E-state index in [4.69, 9.17) is 9.47 Å². The molecule has 0 saturated carbocycles. The molecule has 0 aliphatic carbocycles. The molecule has 1 unspecified atom stereocenters. The summed E-state index contributed by atoms with van der Waals surface area (Å²) in [6.07, 6.45) is 1.62. The third-order valence-electron chi connectivity index (χ3n) is 4.10. The van der Waals surface area contributed by atoms with Gasteiger partial charge in [-0.05, 0) is 48.4 Å². The van der Waals surface area contributed by atoms with Gasteiger partial charge in [0.1, 0.15) is 11.8 Å². The number of carbonyl (C=O) groups is 1. The number of ether oxygens (including phenoxy) is 2. The van der Waals surface area contributed by atoms with Crippen molar-refractivity contribution in [2.24, 2.45) is 0 Å². The first-order valence-corrected chi connectivity index (χ1v) is 9.71. The lowest BCUT2D eigenvalue weighted by Crippen LogP contribution is -2.30. The zero-order valence-corrected chi connectivity index (χ0v) is 17.1. The van der Waals surface area contributed by atoms with Gasteiger partial charge in [-0.2, -0.15) is 4.68 Å². The molecule has 9 heteroatoms. The molecule has 1 aliphatic heterocycles. The number of rotatable bonds is 7. The molecule has 2 heterocycles. The molecule has 0 fully saturated rings. The molecule has 0 radical (unpaired) electrons. The lowest BCUT2D eigenvalue weighted by molar-refractivity contribution is -0.139. The Balaban J connectivity index is 2.13. The summed E-state index contributed by atoms with van der Waals surface area (Å²) in [5.41, 5.74) is 1.91. The minimum Gasteiger partial charge on any atom is -0.493 e. The number of anilines is 1. The Labute approximate surface area is 166 Å². The maximum atomic E-state index is 12.8. The smallest absolute Gasteiger partial charge is 0.338 e. The van der Waals surface area contributed by atoms with E-state index in [0.717, 1.165) is 22.9 Å². The van der Waals surface area contributed by atoms with Crippen molar-refractivity contribution in [3.05, 3.63) is 39.5 Å². The fourth-order valence-electron chi connectivity index (χ4n) is 2.91. The van der Waals surface area contributed by atoms with Crippen LogP contribution in [0.1, 0.15) is 45.2 Å². The summed E-state index contributed by atoms with van der Waals surface area (Å²) in [6, 6.07) is 5.16. The van der Waals surface area contributed by atoms with Crippen molar-refractivity contribution in [1.29, 1.82) is 0 Å². The van der Waals surface area contributed by atoms with Crippen molar-refractivity contribution in [3.8, 4) is 5.75 Å². The van der Waals surface area contributed by atoms with E-state index >= 15 is 0 Å².